The molecule has 0 unspecified atom stereocenters. The molecule has 3 N–H and O–H groups in total. The Hall–Kier alpha value is -1.86. The molecule has 0 bridgehead atoms. The summed E-state index contributed by atoms with van der Waals surface area (Å²) in [6.45, 7) is 0. The predicted molar refractivity (Wildman–Crippen MR) is 80.3 cm³/mol. The molecular weight excluding hydrogens is 367 g/mol. The van der Waals surface area contributed by atoms with E-state index in [1.807, 2.05) is 0 Å². The van der Waals surface area contributed by atoms with Gasteiger partial charge in [-0.15, -0.1) is 0 Å². The summed E-state index contributed by atoms with van der Waals surface area (Å²) in [5.41, 5.74) is 5.65. The van der Waals surface area contributed by atoms with Gasteiger partial charge in [0.25, 0.3) is 0 Å². The smallest absolute Gasteiger partial charge is 0.355 e. The van der Waals surface area contributed by atoms with Crippen LogP contribution >= 0.6 is 27.5 Å². The van der Waals surface area contributed by atoms with Crippen LogP contribution in [0.1, 0.15) is 10.5 Å². The molecule has 0 radical (unpaired) electrons. The highest BCUT2D eigenvalue weighted by molar-refractivity contribution is 9.10. The molecule has 110 valence electrons. The van der Waals surface area contributed by atoms with E-state index in [0.29, 0.717) is 0 Å². The van der Waals surface area contributed by atoms with Gasteiger partial charge in [-0.05, 0) is 34.1 Å². The lowest BCUT2D eigenvalue weighted by atomic mass is 10.1. The number of nitrogens with zero attached hydrogens (tertiary/aromatic N) is 1. The minimum Gasteiger partial charge on any atom is -0.492 e. The molecule has 0 aliphatic heterocycles. The minimum atomic E-state index is -1.28. The van der Waals surface area contributed by atoms with Gasteiger partial charge in [0.05, 0.1) is 28.0 Å². The van der Waals surface area contributed by atoms with Crippen LogP contribution in [0.25, 0.3) is 11.3 Å². The molecular formula is C13H9BrClFN2O3. The van der Waals surface area contributed by atoms with Gasteiger partial charge in [0.2, 0.25) is 0 Å². The van der Waals surface area contributed by atoms with Gasteiger partial charge in [0.1, 0.15) is 0 Å². The van der Waals surface area contributed by atoms with E-state index >= 15 is 0 Å². The second-order valence-corrected chi connectivity index (χ2v) is 5.21. The Morgan fingerprint density at radius 1 is 1.52 bits per heavy atom. The van der Waals surface area contributed by atoms with Crippen LogP contribution in [0.4, 0.5) is 10.1 Å². The van der Waals surface area contributed by atoms with Crippen LogP contribution < -0.4 is 10.5 Å². The third-order valence-corrected chi connectivity index (χ3v) is 3.85. The van der Waals surface area contributed by atoms with Crippen molar-refractivity contribution in [2.24, 2.45) is 0 Å². The van der Waals surface area contributed by atoms with Crippen LogP contribution in [-0.4, -0.2) is 23.2 Å². The van der Waals surface area contributed by atoms with E-state index in [1.165, 1.54) is 25.3 Å². The quantitative estimate of drug-likeness (QED) is 0.856. The number of rotatable bonds is 3. The first-order chi connectivity index (χ1) is 9.86. The number of hydrogen-bond acceptors (Lipinski definition) is 4. The average molecular weight is 376 g/mol. The molecule has 0 atom stereocenters. The number of hydrogen-bond donors (Lipinski definition) is 2. The van der Waals surface area contributed by atoms with Gasteiger partial charge < -0.3 is 15.6 Å². The fourth-order valence-corrected chi connectivity index (χ4v) is 2.34. The van der Waals surface area contributed by atoms with Gasteiger partial charge in [0.15, 0.2) is 17.3 Å². The van der Waals surface area contributed by atoms with Crippen molar-refractivity contribution in [3.8, 4) is 17.0 Å². The number of nitrogen functional groups attached to an aromatic ring is 1. The van der Waals surface area contributed by atoms with Gasteiger partial charge in [-0.1, -0.05) is 11.6 Å². The molecule has 5 nitrogen and oxygen atoms in total. The van der Waals surface area contributed by atoms with Crippen molar-refractivity contribution in [3.05, 3.63) is 39.2 Å². The molecule has 1 heterocycles. The molecule has 0 amide bonds. The van der Waals surface area contributed by atoms with Crippen molar-refractivity contribution in [1.29, 1.82) is 0 Å². The Morgan fingerprint density at radius 2 is 2.19 bits per heavy atom. The summed E-state index contributed by atoms with van der Waals surface area (Å²) in [4.78, 5) is 15.0. The molecule has 2 aromatic rings. The normalized spacial score (nSPS) is 10.5. The highest BCUT2D eigenvalue weighted by Gasteiger charge is 2.20. The Morgan fingerprint density at radius 3 is 2.76 bits per heavy atom. The number of aromatic nitrogens is 1. The standard InChI is InChI=1S/C13H9BrClFN2O3/c1-21-12-6(15)3-2-5(10(12)16)8-4-7(17)9(14)11(18-8)13(19)20/h2-4H,1H3,(H2,17,18)(H,19,20). The Balaban J connectivity index is 2.71. The third-order valence-electron chi connectivity index (χ3n) is 2.72. The summed E-state index contributed by atoms with van der Waals surface area (Å²) in [6, 6.07) is 4.17. The SMILES string of the molecule is COc1c(Cl)ccc(-c2cc(N)c(Br)c(C(=O)O)n2)c1F. The molecule has 0 fully saturated rings. The maximum atomic E-state index is 14.3. The molecule has 1 aromatic heterocycles. The molecule has 8 heteroatoms. The fraction of sp³-hybridized carbons (Fsp3) is 0.0769. The van der Waals surface area contributed by atoms with E-state index < -0.39 is 11.8 Å². The van der Waals surface area contributed by atoms with Crippen LogP contribution in [0.15, 0.2) is 22.7 Å². The highest BCUT2D eigenvalue weighted by Crippen LogP contribution is 2.36. The van der Waals surface area contributed by atoms with Crippen molar-refractivity contribution in [1.82, 2.24) is 4.98 Å². The molecule has 2 rings (SSSR count). The zero-order valence-corrected chi connectivity index (χ0v) is 13.0. The molecule has 21 heavy (non-hydrogen) atoms. The van der Waals surface area contributed by atoms with E-state index in [1.54, 1.807) is 0 Å². The number of ether oxygens (including phenoxy) is 1. The van der Waals surface area contributed by atoms with Crippen LogP contribution in [0.2, 0.25) is 5.02 Å². The van der Waals surface area contributed by atoms with Crippen molar-refractivity contribution in [2.45, 2.75) is 0 Å². The summed E-state index contributed by atoms with van der Waals surface area (Å²) >= 11 is 8.85. The maximum absolute atomic E-state index is 14.3. The number of halogens is 3. The number of carboxylic acid groups (broad SMARTS) is 1. The summed E-state index contributed by atoms with van der Waals surface area (Å²) in [6.07, 6.45) is 0. The van der Waals surface area contributed by atoms with Crippen LogP contribution in [0.5, 0.6) is 5.75 Å². The van der Waals surface area contributed by atoms with E-state index in [2.05, 4.69) is 20.9 Å². The van der Waals surface area contributed by atoms with Crippen LogP contribution in [0.3, 0.4) is 0 Å². The van der Waals surface area contributed by atoms with Crippen molar-refractivity contribution in [2.75, 3.05) is 12.8 Å². The van der Waals surface area contributed by atoms with E-state index in [9.17, 15) is 9.18 Å². The zero-order chi connectivity index (χ0) is 15.7. The van der Waals surface area contributed by atoms with E-state index in [-0.39, 0.29) is 37.9 Å². The molecule has 0 aliphatic rings. The Bertz CT molecular complexity index is 740. The lowest BCUT2D eigenvalue weighted by Crippen LogP contribution is -2.06. The number of methoxy groups -OCH3 is 1. The maximum Gasteiger partial charge on any atom is 0.355 e. The third kappa shape index (κ3) is 2.79. The summed E-state index contributed by atoms with van der Waals surface area (Å²) in [7, 11) is 1.28. The van der Waals surface area contributed by atoms with Crippen LogP contribution in [0, 0.1) is 5.82 Å². The number of pyridine rings is 1. The van der Waals surface area contributed by atoms with E-state index in [4.69, 9.17) is 27.2 Å². The Kier molecular flexibility index (Phi) is 4.34. The first-order valence-electron chi connectivity index (χ1n) is 5.58. The van der Waals surface area contributed by atoms with Gasteiger partial charge in [0, 0.05) is 5.56 Å². The average Bonchev–Trinajstić information content (AvgIpc) is 2.42. The van der Waals surface area contributed by atoms with Crippen molar-refractivity contribution < 1.29 is 19.0 Å². The largest absolute Gasteiger partial charge is 0.492 e. The van der Waals surface area contributed by atoms with E-state index in [0.717, 1.165) is 0 Å². The second kappa shape index (κ2) is 5.87. The van der Waals surface area contributed by atoms with Gasteiger partial charge in [-0.3, -0.25) is 0 Å². The fourth-order valence-electron chi connectivity index (χ4n) is 1.75. The van der Waals surface area contributed by atoms with Gasteiger partial charge >= 0.3 is 5.97 Å². The Labute approximate surface area is 132 Å². The lowest BCUT2D eigenvalue weighted by Gasteiger charge is -2.11. The topological polar surface area (TPSA) is 85.4 Å². The second-order valence-electron chi connectivity index (χ2n) is 4.01. The molecule has 0 aliphatic carbocycles. The summed E-state index contributed by atoms with van der Waals surface area (Å²) in [5, 5.41) is 9.19. The van der Waals surface area contributed by atoms with Gasteiger partial charge in [-0.25, -0.2) is 14.2 Å². The predicted octanol–water partition coefficient (Wildman–Crippen LogP) is 3.59. The first-order valence-corrected chi connectivity index (χ1v) is 6.75. The zero-order valence-electron chi connectivity index (χ0n) is 10.7. The number of aromatic carboxylic acids is 1. The van der Waals surface area contributed by atoms with Gasteiger partial charge in [-0.2, -0.15) is 0 Å². The number of carbonyl (C=O) groups is 1. The summed E-state index contributed by atoms with van der Waals surface area (Å²) in [5.74, 6) is -2.17. The molecule has 1 aromatic carbocycles. The highest BCUT2D eigenvalue weighted by atomic mass is 79.9. The monoisotopic (exact) mass is 374 g/mol. The van der Waals surface area contributed by atoms with Crippen LogP contribution in [-0.2, 0) is 0 Å². The van der Waals surface area contributed by atoms with Crippen molar-refractivity contribution in [3.63, 3.8) is 0 Å². The number of anilines is 1. The summed E-state index contributed by atoms with van der Waals surface area (Å²) < 4.78 is 19.4. The number of benzene rings is 1. The molecule has 0 spiro atoms. The van der Waals surface area contributed by atoms with Crippen molar-refractivity contribution >= 4 is 39.2 Å². The first kappa shape index (κ1) is 15.5. The minimum absolute atomic E-state index is 0.0398. The molecule has 0 saturated carbocycles. The number of carboxylic acids is 1. The lowest BCUT2D eigenvalue weighted by molar-refractivity contribution is 0.0689. The molecule has 0 saturated heterocycles. The number of nitrogens with two attached hydrogens (primary N) is 1.